The van der Waals surface area contributed by atoms with Gasteiger partial charge in [0.1, 0.15) is 11.6 Å². The number of likely N-dealkylation sites (tertiary alicyclic amines) is 1. The maximum Gasteiger partial charge on any atom is 0.411 e. The topological polar surface area (TPSA) is 72.9 Å². The zero-order valence-electron chi connectivity index (χ0n) is 15.1. The summed E-state index contributed by atoms with van der Waals surface area (Å²) >= 11 is 3.20. The molecule has 0 N–H and O–H groups in total. The fourth-order valence-electron chi connectivity index (χ4n) is 2.99. The zero-order chi connectivity index (χ0) is 18.9. The molecule has 1 fully saturated rings. The zero-order valence-corrected chi connectivity index (χ0v) is 16.7. The molecule has 0 saturated carbocycles. The summed E-state index contributed by atoms with van der Waals surface area (Å²) < 4.78 is 10.6. The highest BCUT2D eigenvalue weighted by atomic mass is 32.2. The van der Waals surface area contributed by atoms with Crippen LogP contribution in [-0.4, -0.2) is 58.0 Å². The number of ether oxygens (including phenoxy) is 2. The summed E-state index contributed by atoms with van der Waals surface area (Å²) in [6, 6.07) is -0.680. The van der Waals surface area contributed by atoms with E-state index in [1.54, 1.807) is 32.5 Å². The van der Waals surface area contributed by atoms with E-state index in [0.29, 0.717) is 34.8 Å². The molecule has 142 valence electrons. The van der Waals surface area contributed by atoms with E-state index in [1.165, 1.54) is 16.7 Å². The number of rotatable bonds is 4. The van der Waals surface area contributed by atoms with Crippen molar-refractivity contribution in [3.05, 3.63) is 22.5 Å². The molecule has 1 amide bonds. The van der Waals surface area contributed by atoms with Crippen LogP contribution < -0.4 is 0 Å². The van der Waals surface area contributed by atoms with E-state index < -0.39 is 23.7 Å². The summed E-state index contributed by atoms with van der Waals surface area (Å²) in [4.78, 5) is 39.0. The van der Waals surface area contributed by atoms with Gasteiger partial charge in [0.05, 0.1) is 4.91 Å². The number of carbonyl (C=O) groups is 3. The minimum atomic E-state index is -0.680. The highest BCUT2D eigenvalue weighted by Gasteiger charge is 2.38. The van der Waals surface area contributed by atoms with Crippen molar-refractivity contribution in [2.45, 2.75) is 55.8 Å². The number of Topliss-reactive ketones (excluding diaryl/α,β-unsaturated/α-hetero) is 1. The highest BCUT2D eigenvalue weighted by molar-refractivity contribution is 8.09. The van der Waals surface area contributed by atoms with Crippen LogP contribution in [0.2, 0.25) is 0 Å². The van der Waals surface area contributed by atoms with Gasteiger partial charge in [-0.15, -0.1) is 23.5 Å². The standard InChI is InChI=1S/C18H23NO5S2/c1-18(2,3)24-17(22)19-7-4-5-11(19)16(21)23-10-12(20)14-9-15-13(26-14)6-8-25-15/h6,8-9,11,13,15H,4-5,7,10H2,1-3H3/t11-,13?,15?/m0/s1. The van der Waals surface area contributed by atoms with Gasteiger partial charge in [-0.1, -0.05) is 12.2 Å². The fourth-order valence-corrected chi connectivity index (χ4v) is 5.51. The Hall–Kier alpha value is -1.41. The first kappa shape index (κ1) is 19.4. The largest absolute Gasteiger partial charge is 0.456 e. The number of nitrogens with zero attached hydrogens (tertiary/aromatic N) is 1. The smallest absolute Gasteiger partial charge is 0.411 e. The van der Waals surface area contributed by atoms with Crippen LogP contribution >= 0.6 is 23.5 Å². The van der Waals surface area contributed by atoms with Gasteiger partial charge in [-0.2, -0.15) is 0 Å². The van der Waals surface area contributed by atoms with Gasteiger partial charge in [-0.25, -0.2) is 9.59 Å². The second-order valence-electron chi connectivity index (χ2n) is 7.41. The van der Waals surface area contributed by atoms with Gasteiger partial charge >= 0.3 is 12.1 Å². The predicted octanol–water partition coefficient (Wildman–Crippen LogP) is 3.13. The Morgan fingerprint density at radius 2 is 2.04 bits per heavy atom. The third-order valence-corrected chi connectivity index (χ3v) is 6.75. The minimum Gasteiger partial charge on any atom is -0.456 e. The van der Waals surface area contributed by atoms with E-state index in [0.717, 1.165) is 0 Å². The Morgan fingerprint density at radius 1 is 1.27 bits per heavy atom. The highest BCUT2D eigenvalue weighted by Crippen LogP contribution is 2.44. The van der Waals surface area contributed by atoms with Crippen molar-refractivity contribution in [1.29, 1.82) is 0 Å². The van der Waals surface area contributed by atoms with E-state index in [-0.39, 0.29) is 12.4 Å². The summed E-state index contributed by atoms with van der Waals surface area (Å²) in [7, 11) is 0. The van der Waals surface area contributed by atoms with E-state index in [2.05, 4.69) is 6.08 Å². The number of hydrogen-bond donors (Lipinski definition) is 0. The van der Waals surface area contributed by atoms with Crippen molar-refractivity contribution in [2.75, 3.05) is 13.2 Å². The van der Waals surface area contributed by atoms with Gasteiger partial charge in [-0.3, -0.25) is 9.69 Å². The van der Waals surface area contributed by atoms with Gasteiger partial charge in [-0.05, 0) is 39.0 Å². The van der Waals surface area contributed by atoms with Crippen LogP contribution in [0.4, 0.5) is 4.79 Å². The summed E-state index contributed by atoms with van der Waals surface area (Å²) in [6.45, 7) is 5.51. The molecule has 26 heavy (non-hydrogen) atoms. The fraction of sp³-hybridized carbons (Fsp3) is 0.611. The molecule has 0 bridgehead atoms. The summed E-state index contributed by atoms with van der Waals surface area (Å²) in [5, 5.41) is 2.64. The van der Waals surface area contributed by atoms with E-state index >= 15 is 0 Å². The number of ketones is 1. The van der Waals surface area contributed by atoms with Crippen LogP contribution in [0.5, 0.6) is 0 Å². The molecule has 2 unspecified atom stereocenters. The van der Waals surface area contributed by atoms with E-state index in [1.807, 2.05) is 11.5 Å². The average molecular weight is 398 g/mol. The lowest BCUT2D eigenvalue weighted by Crippen LogP contribution is -2.44. The lowest BCUT2D eigenvalue weighted by molar-refractivity contribution is -0.151. The molecule has 0 aromatic heterocycles. The molecule has 3 atom stereocenters. The normalized spacial score (nSPS) is 27.3. The Morgan fingerprint density at radius 3 is 2.73 bits per heavy atom. The SMILES string of the molecule is CC(C)(C)OC(=O)N1CCC[C@H]1C(=O)OCC(=O)C1=CC2SC=CC2S1. The molecule has 6 nitrogen and oxygen atoms in total. The molecule has 8 heteroatoms. The minimum absolute atomic E-state index is 0.187. The Kier molecular flexibility index (Phi) is 5.72. The number of esters is 1. The van der Waals surface area contributed by atoms with Crippen molar-refractivity contribution in [3.8, 4) is 0 Å². The van der Waals surface area contributed by atoms with Crippen LogP contribution in [0.3, 0.4) is 0 Å². The molecule has 3 heterocycles. The lowest BCUT2D eigenvalue weighted by Gasteiger charge is -2.27. The molecule has 0 aliphatic carbocycles. The molecule has 0 spiro atoms. The van der Waals surface area contributed by atoms with Gasteiger partial charge in [0.25, 0.3) is 0 Å². The predicted molar refractivity (Wildman–Crippen MR) is 102 cm³/mol. The molecule has 3 rings (SSSR count). The molecule has 0 aromatic carbocycles. The average Bonchev–Trinajstić information content (AvgIpc) is 3.24. The first-order chi connectivity index (χ1) is 12.2. The number of fused-ring (bicyclic) bond motifs is 1. The number of thioether (sulfide) groups is 2. The number of hydrogen-bond acceptors (Lipinski definition) is 7. The second kappa shape index (κ2) is 7.68. The number of carbonyl (C=O) groups excluding carboxylic acids is 3. The molecule has 0 radical (unpaired) electrons. The van der Waals surface area contributed by atoms with Crippen molar-refractivity contribution >= 4 is 41.4 Å². The van der Waals surface area contributed by atoms with Crippen LogP contribution in [0.25, 0.3) is 0 Å². The van der Waals surface area contributed by atoms with Gasteiger partial charge in [0, 0.05) is 17.0 Å². The monoisotopic (exact) mass is 397 g/mol. The molecule has 3 aliphatic heterocycles. The van der Waals surface area contributed by atoms with Gasteiger partial charge in [0.15, 0.2) is 6.61 Å². The maximum absolute atomic E-state index is 12.4. The van der Waals surface area contributed by atoms with Crippen LogP contribution in [0.15, 0.2) is 22.5 Å². The molecular formula is C18H23NO5S2. The van der Waals surface area contributed by atoms with Gasteiger partial charge < -0.3 is 9.47 Å². The van der Waals surface area contributed by atoms with Crippen LogP contribution in [0.1, 0.15) is 33.6 Å². The van der Waals surface area contributed by atoms with Crippen molar-refractivity contribution in [3.63, 3.8) is 0 Å². The van der Waals surface area contributed by atoms with Crippen molar-refractivity contribution in [2.24, 2.45) is 0 Å². The molecule has 3 aliphatic rings. The molecule has 1 saturated heterocycles. The van der Waals surface area contributed by atoms with Crippen molar-refractivity contribution in [1.82, 2.24) is 4.90 Å². The summed E-state index contributed by atoms with van der Waals surface area (Å²) in [6.07, 6.45) is 4.74. The molecular weight excluding hydrogens is 374 g/mol. The maximum atomic E-state index is 12.4. The summed E-state index contributed by atoms with van der Waals surface area (Å²) in [5.41, 5.74) is -0.624. The Labute approximate surface area is 161 Å². The first-order valence-corrected chi connectivity index (χ1v) is 10.5. The Bertz CT molecular complexity index is 667. The van der Waals surface area contributed by atoms with Crippen molar-refractivity contribution < 1.29 is 23.9 Å². The van der Waals surface area contributed by atoms with E-state index in [9.17, 15) is 14.4 Å². The lowest BCUT2D eigenvalue weighted by atomic mass is 10.2. The first-order valence-electron chi connectivity index (χ1n) is 8.65. The third kappa shape index (κ3) is 4.46. The Balaban J connectivity index is 1.51. The van der Waals surface area contributed by atoms with E-state index in [4.69, 9.17) is 9.47 Å². The van der Waals surface area contributed by atoms with Gasteiger partial charge in [0.2, 0.25) is 5.78 Å². The second-order valence-corrected chi connectivity index (χ2v) is 9.71. The number of amides is 1. The van der Waals surface area contributed by atoms with Crippen LogP contribution in [0, 0.1) is 0 Å². The van der Waals surface area contributed by atoms with Crippen LogP contribution in [-0.2, 0) is 19.1 Å². The summed E-state index contributed by atoms with van der Waals surface area (Å²) in [5.74, 6) is -0.728. The third-order valence-electron chi connectivity index (χ3n) is 4.18. The quantitative estimate of drug-likeness (QED) is 0.675. The molecule has 0 aromatic rings.